The van der Waals surface area contributed by atoms with Crippen LogP contribution in [0.4, 0.5) is 0 Å². The van der Waals surface area contributed by atoms with Crippen molar-refractivity contribution in [2.75, 3.05) is 0 Å². The molecular weight excluding hydrogens is 504 g/mol. The van der Waals surface area contributed by atoms with Crippen LogP contribution >= 0.6 is 0 Å². The summed E-state index contributed by atoms with van der Waals surface area (Å²) in [5.41, 5.74) is -0.659. The van der Waals surface area contributed by atoms with Crippen molar-refractivity contribution < 1.29 is 46.7 Å². The number of esters is 2. The van der Waals surface area contributed by atoms with Crippen molar-refractivity contribution in [2.45, 2.75) is 61.9 Å². The third-order valence-corrected chi connectivity index (χ3v) is 10.9. The molecule has 7 aliphatic rings. The van der Waals surface area contributed by atoms with Gasteiger partial charge in [0.25, 0.3) is 10.1 Å². The third kappa shape index (κ3) is 3.47. The lowest BCUT2D eigenvalue weighted by Gasteiger charge is -2.54. The fraction of sp³-hybridized carbons (Fsp3) is 0.654. The predicted octanol–water partition coefficient (Wildman–Crippen LogP) is 1.75. The molecule has 0 aromatic heterocycles. The summed E-state index contributed by atoms with van der Waals surface area (Å²) < 4.78 is 49.2. The monoisotopic (exact) mass is 532 g/mol. The van der Waals surface area contributed by atoms with Crippen LogP contribution in [-0.2, 0) is 34.0 Å². The molecular formula is C26H28O10S. The fourth-order valence-electron chi connectivity index (χ4n) is 8.76. The summed E-state index contributed by atoms with van der Waals surface area (Å²) in [6.07, 6.45) is 1.71. The van der Waals surface area contributed by atoms with E-state index in [1.807, 2.05) is 0 Å². The maximum Gasteiger partial charge on any atom is 0.315 e. The van der Waals surface area contributed by atoms with Gasteiger partial charge in [0, 0.05) is 23.7 Å². The number of ether oxygens (including phenoxy) is 3. The number of ketones is 1. The summed E-state index contributed by atoms with van der Waals surface area (Å²) in [5.74, 6) is -2.06. The van der Waals surface area contributed by atoms with Crippen LogP contribution < -0.4 is 4.74 Å². The number of fused-ring (bicyclic) bond motifs is 1. The fourth-order valence-corrected chi connectivity index (χ4v) is 9.24. The molecule has 1 aromatic rings. The van der Waals surface area contributed by atoms with Crippen LogP contribution in [0.5, 0.6) is 5.75 Å². The zero-order valence-corrected chi connectivity index (χ0v) is 20.7. The Kier molecular flexibility index (Phi) is 5.04. The molecule has 6 saturated carbocycles. The number of rotatable bonds is 5. The van der Waals surface area contributed by atoms with Gasteiger partial charge in [-0.25, -0.2) is 0 Å². The first-order valence-corrected chi connectivity index (χ1v) is 14.4. The van der Waals surface area contributed by atoms with Crippen molar-refractivity contribution in [1.29, 1.82) is 0 Å². The van der Waals surface area contributed by atoms with Gasteiger partial charge in [0.15, 0.2) is 6.29 Å². The van der Waals surface area contributed by atoms with Crippen molar-refractivity contribution in [3.63, 3.8) is 0 Å². The van der Waals surface area contributed by atoms with Crippen LogP contribution in [0.25, 0.3) is 0 Å². The average Bonchev–Trinajstić information content (AvgIpc) is 3.45. The number of carbonyl (C=O) groups excluding carboxylic acids is 3. The van der Waals surface area contributed by atoms with E-state index in [2.05, 4.69) is 0 Å². The molecule has 0 amide bonds. The van der Waals surface area contributed by atoms with Gasteiger partial charge in [-0.15, -0.1) is 0 Å². The first kappa shape index (κ1) is 23.8. The lowest BCUT2D eigenvalue weighted by Crippen LogP contribution is -2.56. The van der Waals surface area contributed by atoms with Crippen LogP contribution in [0.2, 0.25) is 0 Å². The Morgan fingerprint density at radius 1 is 1.00 bits per heavy atom. The van der Waals surface area contributed by atoms with E-state index in [4.69, 9.17) is 18.8 Å². The Hall–Kier alpha value is -2.34. The van der Waals surface area contributed by atoms with Gasteiger partial charge in [-0.1, -0.05) is 0 Å². The highest BCUT2D eigenvalue weighted by atomic mass is 32.2. The standard InChI is InChI=1S/C26H28O10S/c27-20-12-5-11-6-13(20)10-26(8-11,9-12)25(30)36-22-17-7-16-19(24(29)35-21(16)22)18(17)23(28)34-14-1-3-15(4-2-14)37(31,32)33/h1-4,11-13,16-19,21-22,24,29H,5-10H2,(H,31,32,33). The number of aliphatic hydroxyl groups excluding tert-OH is 1. The molecule has 7 fully saturated rings. The largest absolute Gasteiger partial charge is 0.459 e. The van der Waals surface area contributed by atoms with Gasteiger partial charge in [-0.05, 0) is 74.6 Å². The number of aliphatic hydroxyl groups is 1. The normalized spacial score (nSPS) is 44.9. The van der Waals surface area contributed by atoms with Crippen molar-refractivity contribution in [2.24, 2.45) is 46.8 Å². The SMILES string of the molecule is O=C1C2CC3CC1CC(C(=O)OC1C4CC5C1OC(O)C5C4C(=O)Oc1ccc(S(=O)(=O)O)cc1)(C3)C2. The van der Waals surface area contributed by atoms with E-state index in [0.717, 1.165) is 31.4 Å². The quantitative estimate of drug-likeness (QED) is 0.326. The molecule has 1 heterocycles. The molecule has 8 rings (SSSR count). The zero-order chi connectivity index (χ0) is 25.9. The molecule has 6 aliphatic carbocycles. The summed E-state index contributed by atoms with van der Waals surface area (Å²) >= 11 is 0. The van der Waals surface area contributed by atoms with Crippen molar-refractivity contribution >= 4 is 27.8 Å². The molecule has 1 aromatic carbocycles. The molecule has 10 nitrogen and oxygen atoms in total. The van der Waals surface area contributed by atoms with Gasteiger partial charge in [0.05, 0.1) is 16.2 Å². The van der Waals surface area contributed by atoms with Crippen molar-refractivity contribution in [3.05, 3.63) is 24.3 Å². The number of carbonyl (C=O) groups is 3. The van der Waals surface area contributed by atoms with E-state index >= 15 is 0 Å². The molecule has 1 saturated heterocycles. The summed E-state index contributed by atoms with van der Waals surface area (Å²) in [5, 5.41) is 10.6. The van der Waals surface area contributed by atoms with Gasteiger partial charge in [-0.3, -0.25) is 18.9 Å². The zero-order valence-electron chi connectivity index (χ0n) is 19.9. The molecule has 0 spiro atoms. The molecule has 0 radical (unpaired) electrons. The van der Waals surface area contributed by atoms with E-state index in [9.17, 15) is 27.9 Å². The second-order valence-electron chi connectivity index (χ2n) is 11.9. The van der Waals surface area contributed by atoms with Crippen molar-refractivity contribution in [1.82, 2.24) is 0 Å². The Balaban J connectivity index is 1.10. The Labute approximate surface area is 213 Å². The first-order chi connectivity index (χ1) is 17.5. The summed E-state index contributed by atoms with van der Waals surface area (Å²) in [4.78, 5) is 39.2. The van der Waals surface area contributed by atoms with Gasteiger partial charge in [0.2, 0.25) is 0 Å². The lowest BCUT2D eigenvalue weighted by atomic mass is 9.49. The summed E-state index contributed by atoms with van der Waals surface area (Å²) in [6, 6.07) is 4.79. The highest BCUT2D eigenvalue weighted by Crippen LogP contribution is 2.62. The van der Waals surface area contributed by atoms with E-state index in [0.29, 0.717) is 25.2 Å². The van der Waals surface area contributed by atoms with E-state index in [1.165, 1.54) is 12.1 Å². The minimum absolute atomic E-state index is 0.0669. The highest BCUT2D eigenvalue weighted by molar-refractivity contribution is 7.85. The average molecular weight is 533 g/mol. The van der Waals surface area contributed by atoms with Crippen LogP contribution in [0.15, 0.2) is 29.2 Å². The molecule has 6 bridgehead atoms. The minimum atomic E-state index is -4.38. The maximum absolute atomic E-state index is 13.6. The Morgan fingerprint density at radius 3 is 2.32 bits per heavy atom. The van der Waals surface area contributed by atoms with Crippen LogP contribution in [0, 0.1) is 46.8 Å². The second kappa shape index (κ2) is 7.84. The van der Waals surface area contributed by atoms with Gasteiger partial charge < -0.3 is 19.3 Å². The van der Waals surface area contributed by atoms with E-state index < -0.39 is 51.8 Å². The summed E-state index contributed by atoms with van der Waals surface area (Å²) in [7, 11) is -4.38. The summed E-state index contributed by atoms with van der Waals surface area (Å²) in [6.45, 7) is 0. The molecule has 11 heteroatoms. The van der Waals surface area contributed by atoms with Crippen LogP contribution in [0.3, 0.4) is 0 Å². The second-order valence-corrected chi connectivity index (χ2v) is 13.3. The van der Waals surface area contributed by atoms with Crippen LogP contribution in [-0.4, -0.2) is 54.3 Å². The molecule has 1 aliphatic heterocycles. The smallest absolute Gasteiger partial charge is 0.315 e. The first-order valence-electron chi connectivity index (χ1n) is 12.9. The number of benzene rings is 1. The molecule has 37 heavy (non-hydrogen) atoms. The van der Waals surface area contributed by atoms with Gasteiger partial charge in [0.1, 0.15) is 23.7 Å². The van der Waals surface area contributed by atoms with Gasteiger partial charge >= 0.3 is 11.9 Å². The topological polar surface area (TPSA) is 154 Å². The maximum atomic E-state index is 13.6. The molecule has 9 unspecified atom stereocenters. The van der Waals surface area contributed by atoms with Gasteiger partial charge in [-0.2, -0.15) is 8.42 Å². The van der Waals surface area contributed by atoms with Crippen molar-refractivity contribution in [3.8, 4) is 5.75 Å². The Bertz CT molecular complexity index is 1270. The lowest BCUT2D eigenvalue weighted by molar-refractivity contribution is -0.190. The Morgan fingerprint density at radius 2 is 1.68 bits per heavy atom. The molecule has 198 valence electrons. The van der Waals surface area contributed by atoms with E-state index in [-0.39, 0.29) is 46.1 Å². The number of hydrogen-bond acceptors (Lipinski definition) is 9. The third-order valence-electron chi connectivity index (χ3n) is 9.99. The molecule has 9 atom stereocenters. The molecule has 2 N–H and O–H groups in total. The number of Topliss-reactive ketones (excluding diaryl/α,β-unsaturated/α-hetero) is 1. The van der Waals surface area contributed by atoms with E-state index in [1.54, 1.807) is 0 Å². The van der Waals surface area contributed by atoms with Crippen LogP contribution in [0.1, 0.15) is 38.5 Å². The number of hydrogen-bond donors (Lipinski definition) is 2. The predicted molar refractivity (Wildman–Crippen MR) is 122 cm³/mol. The highest BCUT2D eigenvalue weighted by Gasteiger charge is 2.70. The minimum Gasteiger partial charge on any atom is -0.459 e.